The summed E-state index contributed by atoms with van der Waals surface area (Å²) in [7, 11) is 0. The van der Waals surface area contributed by atoms with Crippen molar-refractivity contribution in [2.75, 3.05) is 13.2 Å². The lowest BCUT2D eigenvalue weighted by molar-refractivity contribution is 0.238. The predicted molar refractivity (Wildman–Crippen MR) is 62.3 cm³/mol. The summed E-state index contributed by atoms with van der Waals surface area (Å²) in [6.07, 6.45) is 1.92. The molecule has 1 aliphatic rings. The van der Waals surface area contributed by atoms with Crippen molar-refractivity contribution in [1.29, 1.82) is 5.26 Å². The van der Waals surface area contributed by atoms with Gasteiger partial charge < -0.3 is 4.74 Å². The molecule has 0 aromatic heterocycles. The van der Waals surface area contributed by atoms with E-state index < -0.39 is 5.54 Å². The molecule has 1 fully saturated rings. The monoisotopic (exact) mass is 216 g/mol. The van der Waals surface area contributed by atoms with Crippen molar-refractivity contribution < 1.29 is 4.74 Å². The van der Waals surface area contributed by atoms with Gasteiger partial charge in [0.2, 0.25) is 0 Å². The number of nitrogens with one attached hydrogen (secondary N) is 1. The lowest BCUT2D eigenvalue weighted by Crippen LogP contribution is -2.43. The van der Waals surface area contributed by atoms with Gasteiger partial charge in [-0.05, 0) is 44.0 Å². The van der Waals surface area contributed by atoms with Crippen LogP contribution >= 0.6 is 0 Å². The second kappa shape index (κ2) is 4.54. The van der Waals surface area contributed by atoms with E-state index in [1.54, 1.807) is 0 Å². The molecule has 3 nitrogen and oxygen atoms in total. The van der Waals surface area contributed by atoms with Crippen LogP contribution in [0.4, 0.5) is 0 Å². The number of nitrogens with zero attached hydrogens (tertiary/aromatic N) is 1. The van der Waals surface area contributed by atoms with Gasteiger partial charge in [0.15, 0.2) is 0 Å². The quantitative estimate of drug-likeness (QED) is 0.840. The second-order valence-corrected chi connectivity index (χ2v) is 4.33. The summed E-state index contributed by atoms with van der Waals surface area (Å²) in [6, 6.07) is 10.2. The van der Waals surface area contributed by atoms with Crippen LogP contribution in [0.1, 0.15) is 18.4 Å². The fourth-order valence-corrected chi connectivity index (χ4v) is 1.97. The predicted octanol–water partition coefficient (Wildman–Crippen LogP) is 2.02. The fourth-order valence-electron chi connectivity index (χ4n) is 1.97. The number of aryl methyl sites for hydroxylation is 1. The first kappa shape index (κ1) is 11.0. The van der Waals surface area contributed by atoms with Crippen LogP contribution in [-0.2, 0) is 0 Å². The molecule has 0 bridgehead atoms. The molecule has 1 atom stereocenters. The van der Waals surface area contributed by atoms with Crippen LogP contribution in [-0.4, -0.2) is 18.7 Å². The zero-order chi connectivity index (χ0) is 11.4. The normalized spacial score (nSPS) is 24.0. The lowest BCUT2D eigenvalue weighted by Gasteiger charge is -2.21. The van der Waals surface area contributed by atoms with Gasteiger partial charge in [-0.1, -0.05) is 12.1 Å². The summed E-state index contributed by atoms with van der Waals surface area (Å²) in [6.45, 7) is 3.36. The fraction of sp³-hybridized carbons (Fsp3) is 0.462. The Morgan fingerprint density at radius 1 is 1.56 bits per heavy atom. The van der Waals surface area contributed by atoms with Crippen molar-refractivity contribution in [3.05, 3.63) is 29.8 Å². The van der Waals surface area contributed by atoms with E-state index in [-0.39, 0.29) is 0 Å². The van der Waals surface area contributed by atoms with Gasteiger partial charge in [0, 0.05) is 0 Å². The maximum absolute atomic E-state index is 9.16. The maximum Gasteiger partial charge on any atom is 0.141 e. The Balaban J connectivity index is 1.99. The van der Waals surface area contributed by atoms with Crippen molar-refractivity contribution >= 4 is 0 Å². The minimum atomic E-state index is -0.482. The third-order valence-electron chi connectivity index (χ3n) is 2.93. The third-order valence-corrected chi connectivity index (χ3v) is 2.93. The molecule has 1 aromatic rings. The van der Waals surface area contributed by atoms with Gasteiger partial charge in [-0.15, -0.1) is 0 Å². The number of rotatable bonds is 3. The zero-order valence-electron chi connectivity index (χ0n) is 9.49. The van der Waals surface area contributed by atoms with Gasteiger partial charge in [0.1, 0.15) is 17.9 Å². The highest BCUT2D eigenvalue weighted by atomic mass is 16.5. The van der Waals surface area contributed by atoms with Crippen molar-refractivity contribution in [1.82, 2.24) is 5.32 Å². The molecule has 0 amide bonds. The molecule has 1 heterocycles. The zero-order valence-corrected chi connectivity index (χ0v) is 9.49. The Kier molecular flexibility index (Phi) is 3.12. The average Bonchev–Trinajstić information content (AvgIpc) is 2.76. The molecule has 84 valence electrons. The standard InChI is InChI=1S/C13H16N2O/c1-11-4-2-5-12(8-11)16-10-13(9-14)6-3-7-15-13/h2,4-5,8,15H,3,6-7,10H2,1H3. The van der Waals surface area contributed by atoms with Crippen LogP contribution < -0.4 is 10.1 Å². The first-order valence-corrected chi connectivity index (χ1v) is 5.60. The minimum absolute atomic E-state index is 0.424. The molecule has 0 spiro atoms. The summed E-state index contributed by atoms with van der Waals surface area (Å²) in [5, 5.41) is 12.4. The molecule has 0 aliphatic carbocycles. The molecule has 1 aromatic carbocycles. The van der Waals surface area contributed by atoms with Gasteiger partial charge in [0.05, 0.1) is 6.07 Å². The van der Waals surface area contributed by atoms with Gasteiger partial charge in [-0.3, -0.25) is 5.32 Å². The van der Waals surface area contributed by atoms with Crippen LogP contribution in [0.3, 0.4) is 0 Å². The molecule has 1 saturated heterocycles. The van der Waals surface area contributed by atoms with Crippen molar-refractivity contribution in [2.45, 2.75) is 25.3 Å². The van der Waals surface area contributed by atoms with Crippen molar-refractivity contribution in [3.63, 3.8) is 0 Å². The summed E-state index contributed by atoms with van der Waals surface area (Å²) in [5.74, 6) is 0.836. The van der Waals surface area contributed by atoms with Crippen LogP contribution in [0.25, 0.3) is 0 Å². The molecule has 1 aliphatic heterocycles. The Hall–Kier alpha value is -1.53. The van der Waals surface area contributed by atoms with E-state index in [4.69, 9.17) is 10.00 Å². The first-order valence-electron chi connectivity index (χ1n) is 5.60. The van der Waals surface area contributed by atoms with Crippen LogP contribution in [0.2, 0.25) is 0 Å². The van der Waals surface area contributed by atoms with E-state index in [1.807, 2.05) is 31.2 Å². The Bertz CT molecular complexity index is 403. The van der Waals surface area contributed by atoms with Gasteiger partial charge in [-0.25, -0.2) is 0 Å². The van der Waals surface area contributed by atoms with E-state index in [1.165, 1.54) is 5.56 Å². The van der Waals surface area contributed by atoms with E-state index in [0.29, 0.717) is 6.61 Å². The van der Waals surface area contributed by atoms with Crippen LogP contribution in [0.15, 0.2) is 24.3 Å². The van der Waals surface area contributed by atoms with Crippen LogP contribution in [0.5, 0.6) is 5.75 Å². The van der Waals surface area contributed by atoms with Crippen molar-refractivity contribution in [2.24, 2.45) is 0 Å². The Morgan fingerprint density at radius 2 is 2.44 bits per heavy atom. The lowest BCUT2D eigenvalue weighted by atomic mass is 10.0. The number of benzene rings is 1. The molecular formula is C13H16N2O. The highest BCUT2D eigenvalue weighted by molar-refractivity contribution is 5.28. The summed E-state index contributed by atoms with van der Waals surface area (Å²) >= 11 is 0. The van der Waals surface area contributed by atoms with E-state index in [9.17, 15) is 0 Å². The highest BCUT2D eigenvalue weighted by Gasteiger charge is 2.34. The maximum atomic E-state index is 9.16. The molecule has 2 rings (SSSR count). The van der Waals surface area contributed by atoms with Gasteiger partial charge in [0.25, 0.3) is 0 Å². The molecule has 16 heavy (non-hydrogen) atoms. The third kappa shape index (κ3) is 2.34. The molecule has 0 radical (unpaired) electrons. The van der Waals surface area contributed by atoms with Gasteiger partial charge >= 0.3 is 0 Å². The minimum Gasteiger partial charge on any atom is -0.491 e. The second-order valence-electron chi connectivity index (χ2n) is 4.33. The molecule has 0 saturated carbocycles. The SMILES string of the molecule is Cc1cccc(OCC2(C#N)CCCN2)c1. The molecule has 1 unspecified atom stereocenters. The average molecular weight is 216 g/mol. The number of nitriles is 1. The number of hydrogen-bond acceptors (Lipinski definition) is 3. The highest BCUT2D eigenvalue weighted by Crippen LogP contribution is 2.21. The summed E-state index contributed by atoms with van der Waals surface area (Å²) in [4.78, 5) is 0. The number of hydrogen-bond donors (Lipinski definition) is 1. The van der Waals surface area contributed by atoms with E-state index in [0.717, 1.165) is 25.1 Å². The summed E-state index contributed by atoms with van der Waals surface area (Å²) < 4.78 is 5.68. The van der Waals surface area contributed by atoms with Crippen LogP contribution in [0, 0.1) is 18.3 Å². The molecule has 1 N–H and O–H groups in total. The Labute approximate surface area is 96.0 Å². The summed E-state index contributed by atoms with van der Waals surface area (Å²) in [5.41, 5.74) is 0.687. The topological polar surface area (TPSA) is 45.0 Å². The Morgan fingerprint density at radius 3 is 3.06 bits per heavy atom. The van der Waals surface area contributed by atoms with E-state index in [2.05, 4.69) is 11.4 Å². The molecule has 3 heteroatoms. The smallest absolute Gasteiger partial charge is 0.141 e. The first-order chi connectivity index (χ1) is 7.74. The molecular weight excluding hydrogens is 200 g/mol. The van der Waals surface area contributed by atoms with Gasteiger partial charge in [-0.2, -0.15) is 5.26 Å². The van der Waals surface area contributed by atoms with Crippen molar-refractivity contribution in [3.8, 4) is 11.8 Å². The number of ether oxygens (including phenoxy) is 1. The largest absolute Gasteiger partial charge is 0.491 e. The van der Waals surface area contributed by atoms with E-state index >= 15 is 0 Å².